The predicted octanol–water partition coefficient (Wildman–Crippen LogP) is 2.59. The molecule has 0 spiro atoms. The van der Waals surface area contributed by atoms with Crippen LogP contribution in [0.3, 0.4) is 0 Å². The number of methoxy groups -OCH3 is 1. The maximum Gasteiger partial charge on any atom is 0.408 e. The van der Waals surface area contributed by atoms with Crippen molar-refractivity contribution in [2.24, 2.45) is 0 Å². The Labute approximate surface area is 136 Å². The lowest BCUT2D eigenvalue weighted by molar-refractivity contribution is -0.144. The fraction of sp³-hybridized carbons (Fsp3) is 0.444. The van der Waals surface area contributed by atoms with Gasteiger partial charge in [-0.3, -0.25) is 0 Å². The summed E-state index contributed by atoms with van der Waals surface area (Å²) in [5.74, 6) is 1.91. The molecule has 0 bridgehead atoms. The highest BCUT2D eigenvalue weighted by molar-refractivity contribution is 5.91. The predicted molar refractivity (Wildman–Crippen MR) is 85.9 cm³/mol. The molecule has 1 aromatic rings. The first-order chi connectivity index (χ1) is 10.7. The monoisotopic (exact) mass is 315 g/mol. The molecule has 0 radical (unpaired) electrons. The van der Waals surface area contributed by atoms with Crippen LogP contribution in [0.5, 0.6) is 0 Å². The molecule has 0 aromatic heterocycles. The quantitative estimate of drug-likeness (QED) is 0.688. The van der Waals surface area contributed by atoms with E-state index in [-0.39, 0.29) is 5.92 Å². The molecular weight excluding hydrogens is 294 g/mol. The van der Waals surface area contributed by atoms with Crippen LogP contribution in [0.2, 0.25) is 0 Å². The Morgan fingerprint density at radius 1 is 1.30 bits per heavy atom. The molecule has 5 heteroatoms. The second-order valence-electron chi connectivity index (χ2n) is 6.61. The number of nitrogens with one attached hydrogen (secondary N) is 1. The largest absolute Gasteiger partial charge is 0.467 e. The van der Waals surface area contributed by atoms with E-state index in [2.05, 4.69) is 11.2 Å². The van der Waals surface area contributed by atoms with Gasteiger partial charge in [0.15, 0.2) is 0 Å². The van der Waals surface area contributed by atoms with Gasteiger partial charge in [-0.25, -0.2) is 9.59 Å². The van der Waals surface area contributed by atoms with Crippen molar-refractivity contribution in [2.45, 2.75) is 44.2 Å². The van der Waals surface area contributed by atoms with Gasteiger partial charge in [0.2, 0.25) is 0 Å². The Hall–Kier alpha value is -2.48. The first-order valence-corrected chi connectivity index (χ1v) is 7.38. The lowest BCUT2D eigenvalue weighted by Gasteiger charge is -2.23. The summed E-state index contributed by atoms with van der Waals surface area (Å²) in [6.07, 6.45) is 5.17. The number of rotatable bonds is 3. The first kappa shape index (κ1) is 16.9. The second kappa shape index (κ2) is 5.96. The third-order valence-electron chi connectivity index (χ3n) is 3.71. The second-order valence-corrected chi connectivity index (χ2v) is 6.61. The van der Waals surface area contributed by atoms with Crippen LogP contribution in [-0.2, 0) is 14.3 Å². The highest BCUT2D eigenvalue weighted by Gasteiger charge is 2.63. The fourth-order valence-corrected chi connectivity index (χ4v) is 2.56. The molecule has 1 aliphatic carbocycles. The van der Waals surface area contributed by atoms with Crippen LogP contribution < -0.4 is 5.32 Å². The smallest absolute Gasteiger partial charge is 0.408 e. The van der Waals surface area contributed by atoms with Gasteiger partial charge in [-0.15, -0.1) is 6.42 Å². The summed E-state index contributed by atoms with van der Waals surface area (Å²) in [6, 6.07) is 7.34. The number of carbonyl (C=O) groups is 2. The van der Waals surface area contributed by atoms with Crippen molar-refractivity contribution in [3.05, 3.63) is 35.4 Å². The van der Waals surface area contributed by atoms with Gasteiger partial charge in [0.25, 0.3) is 0 Å². The molecular formula is C18H21NO4. The molecule has 1 saturated carbocycles. The Kier molecular flexibility index (Phi) is 4.37. The number of ether oxygens (including phenoxy) is 2. The molecule has 0 heterocycles. The summed E-state index contributed by atoms with van der Waals surface area (Å²) in [7, 11) is 1.30. The molecule has 1 amide bonds. The van der Waals surface area contributed by atoms with E-state index >= 15 is 0 Å². The van der Waals surface area contributed by atoms with E-state index in [1.807, 2.05) is 24.3 Å². The minimum Gasteiger partial charge on any atom is -0.467 e. The first-order valence-electron chi connectivity index (χ1n) is 7.38. The van der Waals surface area contributed by atoms with E-state index in [9.17, 15) is 9.59 Å². The Bertz CT molecular complexity index is 651. The van der Waals surface area contributed by atoms with Crippen LogP contribution in [0.15, 0.2) is 24.3 Å². The number of terminal acetylenes is 1. The van der Waals surface area contributed by atoms with Crippen molar-refractivity contribution < 1.29 is 19.1 Å². The molecule has 1 fully saturated rings. The van der Waals surface area contributed by atoms with E-state index in [0.29, 0.717) is 6.42 Å². The number of amides is 1. The summed E-state index contributed by atoms with van der Waals surface area (Å²) in [6.45, 7) is 5.29. The minimum absolute atomic E-state index is 0.158. The van der Waals surface area contributed by atoms with Crippen LogP contribution in [0.1, 0.15) is 44.2 Å². The van der Waals surface area contributed by atoms with E-state index in [1.165, 1.54) is 7.11 Å². The third-order valence-corrected chi connectivity index (χ3v) is 3.71. The van der Waals surface area contributed by atoms with Crippen molar-refractivity contribution in [3.63, 3.8) is 0 Å². The van der Waals surface area contributed by atoms with Gasteiger partial charge < -0.3 is 14.8 Å². The number of alkyl carbamates (subject to hydrolysis) is 1. The minimum atomic E-state index is -1.07. The molecule has 1 aliphatic rings. The van der Waals surface area contributed by atoms with Crippen molar-refractivity contribution in [2.75, 3.05) is 7.11 Å². The number of benzene rings is 1. The Morgan fingerprint density at radius 3 is 2.39 bits per heavy atom. The van der Waals surface area contributed by atoms with Crippen LogP contribution in [0.25, 0.3) is 0 Å². The van der Waals surface area contributed by atoms with Gasteiger partial charge in [0.1, 0.15) is 11.1 Å². The van der Waals surface area contributed by atoms with Gasteiger partial charge in [-0.1, -0.05) is 18.1 Å². The zero-order valence-corrected chi connectivity index (χ0v) is 13.8. The van der Waals surface area contributed by atoms with Crippen LogP contribution in [0.4, 0.5) is 4.79 Å². The number of esters is 1. The molecule has 0 aliphatic heterocycles. The summed E-state index contributed by atoms with van der Waals surface area (Å²) in [5, 5.41) is 2.68. The summed E-state index contributed by atoms with van der Waals surface area (Å²) in [4.78, 5) is 24.2. The summed E-state index contributed by atoms with van der Waals surface area (Å²) >= 11 is 0. The Balaban J connectivity index is 2.18. The summed E-state index contributed by atoms with van der Waals surface area (Å²) in [5.41, 5.74) is -0.0294. The molecule has 122 valence electrons. The molecule has 5 nitrogen and oxygen atoms in total. The molecule has 1 N–H and O–H groups in total. The highest BCUT2D eigenvalue weighted by Crippen LogP contribution is 2.52. The van der Waals surface area contributed by atoms with Crippen LogP contribution in [-0.4, -0.2) is 30.3 Å². The molecule has 0 saturated heterocycles. The van der Waals surface area contributed by atoms with Crippen LogP contribution in [0, 0.1) is 12.3 Å². The standard InChI is InChI=1S/C18H21NO4/c1-6-12-7-9-13(10-8-12)14-11-18(14,15(20)22-5)19-16(21)23-17(2,3)4/h1,7-10,14H,11H2,2-5H3,(H,19,21)/t14-,18+/m0/s1. The average Bonchev–Trinajstić information content (AvgIpc) is 3.19. The summed E-state index contributed by atoms with van der Waals surface area (Å²) < 4.78 is 10.1. The van der Waals surface area contributed by atoms with Crippen molar-refractivity contribution in [1.82, 2.24) is 5.32 Å². The maximum atomic E-state index is 12.2. The molecule has 2 rings (SSSR count). The molecule has 2 atom stereocenters. The zero-order chi connectivity index (χ0) is 17.3. The van der Waals surface area contributed by atoms with Gasteiger partial charge >= 0.3 is 12.1 Å². The molecule has 1 aromatic carbocycles. The Morgan fingerprint density at radius 2 is 1.91 bits per heavy atom. The highest BCUT2D eigenvalue weighted by atomic mass is 16.6. The van der Waals surface area contributed by atoms with Crippen LogP contribution >= 0.6 is 0 Å². The van der Waals surface area contributed by atoms with Gasteiger partial charge in [0.05, 0.1) is 7.11 Å². The lowest BCUT2D eigenvalue weighted by Crippen LogP contribution is -2.47. The van der Waals surface area contributed by atoms with Crippen molar-refractivity contribution in [1.29, 1.82) is 0 Å². The normalized spacial score (nSPS) is 22.7. The third kappa shape index (κ3) is 3.65. The number of hydrogen-bond donors (Lipinski definition) is 1. The lowest BCUT2D eigenvalue weighted by atomic mass is 10.0. The average molecular weight is 315 g/mol. The van der Waals surface area contributed by atoms with Crippen molar-refractivity contribution in [3.8, 4) is 12.3 Å². The van der Waals surface area contributed by atoms with Gasteiger partial charge in [0, 0.05) is 11.5 Å². The van der Waals surface area contributed by atoms with Gasteiger partial charge in [-0.05, 0) is 44.9 Å². The maximum absolute atomic E-state index is 12.2. The number of carbonyl (C=O) groups excluding carboxylic acids is 2. The van der Waals surface area contributed by atoms with Crippen molar-refractivity contribution >= 4 is 12.1 Å². The zero-order valence-electron chi connectivity index (χ0n) is 13.8. The molecule has 23 heavy (non-hydrogen) atoms. The molecule has 0 unspecified atom stereocenters. The van der Waals surface area contributed by atoms with E-state index in [4.69, 9.17) is 15.9 Å². The fourth-order valence-electron chi connectivity index (χ4n) is 2.56. The topological polar surface area (TPSA) is 64.6 Å². The van der Waals surface area contributed by atoms with E-state index in [1.54, 1.807) is 20.8 Å². The van der Waals surface area contributed by atoms with E-state index < -0.39 is 23.2 Å². The number of hydrogen-bond acceptors (Lipinski definition) is 4. The SMILES string of the molecule is C#Cc1ccc([C@@H]2C[C@]2(NC(=O)OC(C)(C)C)C(=O)OC)cc1. The van der Waals surface area contributed by atoms with Gasteiger partial charge in [-0.2, -0.15) is 0 Å². The van der Waals surface area contributed by atoms with E-state index in [0.717, 1.165) is 11.1 Å².